The van der Waals surface area contributed by atoms with Crippen LogP contribution >= 0.6 is 0 Å². The number of benzene rings is 3. The zero-order valence-corrected chi connectivity index (χ0v) is 26.3. The van der Waals surface area contributed by atoms with Gasteiger partial charge in [0.1, 0.15) is 28.6 Å². The molecule has 12 nitrogen and oxygen atoms in total. The number of esters is 3. The van der Waals surface area contributed by atoms with Crippen molar-refractivity contribution >= 4 is 17.9 Å². The maximum atomic E-state index is 13.9. The van der Waals surface area contributed by atoms with Gasteiger partial charge in [-0.3, -0.25) is 4.74 Å². The monoisotopic (exact) mass is 700 g/mol. The molecule has 2 aliphatic heterocycles. The fourth-order valence-electron chi connectivity index (χ4n) is 4.78. The Labute approximate surface area is 283 Å². The molecule has 0 spiro atoms. The molecular weight excluding hydrogens is 669 g/mol. The normalized spacial score (nSPS) is 20.6. The first-order valence-electron chi connectivity index (χ1n) is 15.0. The van der Waals surface area contributed by atoms with Gasteiger partial charge in [0, 0.05) is 24.0 Å². The predicted molar refractivity (Wildman–Crippen MR) is 165 cm³/mol. The molecule has 2 aliphatic rings. The Morgan fingerprint density at radius 2 is 1.18 bits per heavy atom. The van der Waals surface area contributed by atoms with Gasteiger partial charge in [0.2, 0.25) is 0 Å². The summed E-state index contributed by atoms with van der Waals surface area (Å²) in [7, 11) is 0. The van der Waals surface area contributed by atoms with Crippen molar-refractivity contribution in [3.05, 3.63) is 109 Å². The Kier molecular flexibility index (Phi) is 12.0. The van der Waals surface area contributed by atoms with Gasteiger partial charge in [0.15, 0.2) is 6.79 Å². The van der Waals surface area contributed by atoms with Crippen LogP contribution in [-0.2, 0) is 44.2 Å². The summed E-state index contributed by atoms with van der Waals surface area (Å²) in [5.41, 5.74) is 0.413. The zero-order chi connectivity index (χ0) is 35.7. The van der Waals surface area contributed by atoms with Crippen LogP contribution in [0.1, 0.15) is 28.5 Å². The molecular formula is C35H31F3O12. The van der Waals surface area contributed by atoms with Gasteiger partial charge in [-0.2, -0.15) is 13.2 Å². The highest BCUT2D eigenvalue weighted by atomic mass is 19.4. The molecule has 0 unspecified atom stereocenters. The minimum Gasteiger partial charge on any atom is -0.467 e. The lowest BCUT2D eigenvalue weighted by molar-refractivity contribution is -0.328. The summed E-state index contributed by atoms with van der Waals surface area (Å²) in [4.78, 5) is 35.3. The van der Waals surface area contributed by atoms with E-state index < -0.39 is 60.7 Å². The molecule has 0 N–H and O–H groups in total. The van der Waals surface area contributed by atoms with Crippen LogP contribution in [0.5, 0.6) is 23.0 Å². The lowest BCUT2D eigenvalue weighted by Gasteiger charge is -2.29. The van der Waals surface area contributed by atoms with Crippen LogP contribution in [0.4, 0.5) is 13.2 Å². The Morgan fingerprint density at radius 3 is 1.66 bits per heavy atom. The second kappa shape index (κ2) is 16.6. The molecule has 2 fully saturated rings. The van der Waals surface area contributed by atoms with Gasteiger partial charge >= 0.3 is 24.1 Å². The summed E-state index contributed by atoms with van der Waals surface area (Å²) >= 11 is 0. The topological polar surface area (TPSA) is 134 Å². The first kappa shape index (κ1) is 36.2. The SMILES string of the molecule is C=CC(=O)Oc1ccc(C2COC(OCOc3ccc(OC(=O)C4OCC(c5ccc(OC(=O)C=C)cc5)CO4)cc3C(F)(F)F)OC2)cc1. The predicted octanol–water partition coefficient (Wildman–Crippen LogP) is 5.42. The molecule has 0 atom stereocenters. The van der Waals surface area contributed by atoms with Crippen LogP contribution in [0.15, 0.2) is 92.0 Å². The van der Waals surface area contributed by atoms with Crippen LogP contribution in [0.2, 0.25) is 0 Å². The third-order valence-electron chi connectivity index (χ3n) is 7.32. The van der Waals surface area contributed by atoms with E-state index >= 15 is 0 Å². The average Bonchev–Trinajstić information content (AvgIpc) is 3.12. The summed E-state index contributed by atoms with van der Waals surface area (Å²) in [6.07, 6.45) is -4.25. The van der Waals surface area contributed by atoms with Gasteiger partial charge in [0.05, 0.1) is 26.4 Å². The molecule has 2 saturated heterocycles. The summed E-state index contributed by atoms with van der Waals surface area (Å²) < 4.78 is 89.4. The first-order chi connectivity index (χ1) is 24.0. The molecule has 3 aromatic rings. The van der Waals surface area contributed by atoms with Crippen molar-refractivity contribution in [1.29, 1.82) is 0 Å². The van der Waals surface area contributed by atoms with Crippen molar-refractivity contribution in [3.8, 4) is 23.0 Å². The summed E-state index contributed by atoms with van der Waals surface area (Å²) in [6, 6.07) is 16.0. The van der Waals surface area contributed by atoms with E-state index in [0.29, 0.717) is 17.6 Å². The number of carbonyl (C=O) groups excluding carboxylic acids is 3. The van der Waals surface area contributed by atoms with Crippen molar-refractivity contribution in [1.82, 2.24) is 0 Å². The number of rotatable bonds is 12. The van der Waals surface area contributed by atoms with E-state index in [-0.39, 0.29) is 38.3 Å². The fraction of sp³-hybridized carbons (Fsp3) is 0.286. The van der Waals surface area contributed by atoms with E-state index in [1.807, 2.05) is 0 Å². The number of ether oxygens (including phenoxy) is 9. The summed E-state index contributed by atoms with van der Waals surface area (Å²) in [5, 5.41) is 0. The molecule has 0 saturated carbocycles. The summed E-state index contributed by atoms with van der Waals surface area (Å²) in [5.74, 6) is -3.00. The van der Waals surface area contributed by atoms with E-state index in [1.54, 1.807) is 48.5 Å². The van der Waals surface area contributed by atoms with Gasteiger partial charge < -0.3 is 37.9 Å². The van der Waals surface area contributed by atoms with Crippen LogP contribution in [0.25, 0.3) is 0 Å². The van der Waals surface area contributed by atoms with Crippen molar-refractivity contribution in [2.75, 3.05) is 33.2 Å². The van der Waals surface area contributed by atoms with E-state index in [4.69, 9.17) is 42.6 Å². The first-order valence-corrected chi connectivity index (χ1v) is 15.0. The van der Waals surface area contributed by atoms with Crippen LogP contribution in [0.3, 0.4) is 0 Å². The number of hydrogen-bond acceptors (Lipinski definition) is 12. The maximum Gasteiger partial charge on any atom is 0.420 e. The molecule has 0 aliphatic carbocycles. The minimum atomic E-state index is -4.87. The lowest BCUT2D eigenvalue weighted by Crippen LogP contribution is -2.38. The standard InChI is InChI=1S/C35H31F3O12/c1-3-30(39)48-25-9-5-21(6-10-25)23-16-42-33(43-17-23)32(41)50-27-13-14-29(28(15-27)35(36,37)38)46-20-47-34-44-18-24(19-45-34)22-7-11-26(12-8-22)49-31(40)4-2/h3-15,23-24,33-34H,1-2,16-20H2. The van der Waals surface area contributed by atoms with E-state index in [1.165, 1.54) is 0 Å². The lowest BCUT2D eigenvalue weighted by atomic mass is 10.0. The average molecular weight is 701 g/mol. The fourth-order valence-corrected chi connectivity index (χ4v) is 4.78. The van der Waals surface area contributed by atoms with Crippen LogP contribution < -0.4 is 18.9 Å². The van der Waals surface area contributed by atoms with Gasteiger partial charge in [-0.25, -0.2) is 14.4 Å². The third kappa shape index (κ3) is 9.77. The number of carbonyl (C=O) groups is 3. The Bertz CT molecular complexity index is 1660. The van der Waals surface area contributed by atoms with Crippen LogP contribution in [-0.4, -0.2) is 63.9 Å². The van der Waals surface area contributed by atoms with Gasteiger partial charge in [-0.15, -0.1) is 0 Å². The Balaban J connectivity index is 1.08. The zero-order valence-electron chi connectivity index (χ0n) is 26.3. The molecule has 5 rings (SSSR count). The number of hydrogen-bond donors (Lipinski definition) is 0. The summed E-state index contributed by atoms with van der Waals surface area (Å²) in [6.45, 7) is 5.32. The highest BCUT2D eigenvalue weighted by Gasteiger charge is 2.36. The highest BCUT2D eigenvalue weighted by Crippen LogP contribution is 2.39. The molecule has 0 aromatic heterocycles. The van der Waals surface area contributed by atoms with Gasteiger partial charge in [-0.1, -0.05) is 37.4 Å². The molecule has 264 valence electrons. The van der Waals surface area contributed by atoms with Crippen molar-refractivity contribution in [3.63, 3.8) is 0 Å². The van der Waals surface area contributed by atoms with E-state index in [0.717, 1.165) is 35.4 Å². The molecule has 50 heavy (non-hydrogen) atoms. The van der Waals surface area contributed by atoms with E-state index in [2.05, 4.69) is 13.2 Å². The second-order valence-corrected chi connectivity index (χ2v) is 10.7. The smallest absolute Gasteiger partial charge is 0.420 e. The molecule has 0 radical (unpaired) electrons. The molecule has 0 amide bonds. The molecule has 15 heteroatoms. The number of halogens is 3. The van der Waals surface area contributed by atoms with Crippen molar-refractivity contribution in [2.24, 2.45) is 0 Å². The van der Waals surface area contributed by atoms with Gasteiger partial charge in [0.25, 0.3) is 12.8 Å². The second-order valence-electron chi connectivity index (χ2n) is 10.7. The molecule has 3 aromatic carbocycles. The van der Waals surface area contributed by atoms with Gasteiger partial charge in [-0.05, 0) is 53.6 Å². The third-order valence-corrected chi connectivity index (χ3v) is 7.32. The van der Waals surface area contributed by atoms with Crippen molar-refractivity contribution < 1.29 is 70.2 Å². The highest BCUT2D eigenvalue weighted by molar-refractivity contribution is 5.83. The molecule has 0 bridgehead atoms. The quantitative estimate of drug-likeness (QED) is 0.103. The Morgan fingerprint density at radius 1 is 0.700 bits per heavy atom. The van der Waals surface area contributed by atoms with Crippen molar-refractivity contribution in [2.45, 2.75) is 30.8 Å². The maximum absolute atomic E-state index is 13.9. The largest absolute Gasteiger partial charge is 0.467 e. The molecule has 2 heterocycles. The van der Waals surface area contributed by atoms with E-state index in [9.17, 15) is 27.6 Å². The Hall–Kier alpha value is -5.06. The number of alkyl halides is 3. The minimum absolute atomic E-state index is 0.0589. The van der Waals surface area contributed by atoms with Crippen LogP contribution in [0, 0.1) is 0 Å².